The summed E-state index contributed by atoms with van der Waals surface area (Å²) in [5.41, 5.74) is 8.93. The van der Waals surface area contributed by atoms with Gasteiger partial charge in [-0.05, 0) is 14.0 Å². The third-order valence-electron chi connectivity index (χ3n) is 3.81. The Hall–Kier alpha value is -1.98. The predicted molar refractivity (Wildman–Crippen MR) is 82.8 cm³/mol. The Morgan fingerprint density at radius 3 is 2.71 bits per heavy atom. The maximum absolute atomic E-state index is 6.08. The molecule has 0 amide bonds. The number of anilines is 1. The van der Waals surface area contributed by atoms with E-state index >= 15 is 0 Å². The van der Waals surface area contributed by atoms with Crippen molar-refractivity contribution >= 4 is 5.82 Å². The van der Waals surface area contributed by atoms with Crippen LogP contribution in [-0.2, 0) is 4.74 Å². The number of nitrogens with zero attached hydrogens (tertiary/aromatic N) is 3. The normalized spacial score (nSPS) is 19.6. The first-order chi connectivity index (χ1) is 10.1. The third kappa shape index (κ3) is 2.89. The van der Waals surface area contributed by atoms with Gasteiger partial charge < -0.3 is 15.4 Å². The van der Waals surface area contributed by atoms with Gasteiger partial charge in [-0.3, -0.25) is 0 Å². The van der Waals surface area contributed by atoms with Crippen molar-refractivity contribution in [3.63, 3.8) is 0 Å². The van der Waals surface area contributed by atoms with Crippen LogP contribution in [0, 0.1) is 6.92 Å². The number of rotatable bonds is 2. The van der Waals surface area contributed by atoms with E-state index in [9.17, 15) is 0 Å². The third-order valence-corrected chi connectivity index (χ3v) is 3.81. The highest BCUT2D eigenvalue weighted by atomic mass is 16.5. The van der Waals surface area contributed by atoms with Crippen LogP contribution in [0.1, 0.15) is 17.5 Å². The molecule has 2 N–H and O–H groups in total. The molecule has 0 aliphatic carbocycles. The van der Waals surface area contributed by atoms with Crippen LogP contribution in [0.4, 0.5) is 5.82 Å². The zero-order chi connectivity index (χ0) is 14.8. The van der Waals surface area contributed by atoms with Gasteiger partial charge in [0.15, 0.2) is 5.82 Å². The summed E-state index contributed by atoms with van der Waals surface area (Å²) in [6, 6.07) is 10.1. The quantitative estimate of drug-likeness (QED) is 0.914. The molecule has 1 unspecified atom stereocenters. The van der Waals surface area contributed by atoms with E-state index in [1.54, 1.807) is 0 Å². The molecular formula is C16H20N4O. The highest BCUT2D eigenvalue weighted by molar-refractivity contribution is 5.67. The molecule has 2 aromatic rings. The molecule has 1 aromatic heterocycles. The van der Waals surface area contributed by atoms with Crippen LogP contribution in [0.3, 0.4) is 0 Å². The SMILES string of the molecule is Cc1c(N)nc(C2CN(C)CCO2)nc1-c1ccccc1. The maximum atomic E-state index is 6.08. The first-order valence-electron chi connectivity index (χ1n) is 7.14. The zero-order valence-corrected chi connectivity index (χ0v) is 12.4. The molecule has 5 heteroatoms. The van der Waals surface area contributed by atoms with Gasteiger partial charge in [0.2, 0.25) is 0 Å². The molecular weight excluding hydrogens is 264 g/mol. The van der Waals surface area contributed by atoms with Gasteiger partial charge in [-0.2, -0.15) is 0 Å². The second kappa shape index (κ2) is 5.79. The first-order valence-corrected chi connectivity index (χ1v) is 7.14. The molecule has 1 aliphatic heterocycles. The number of hydrogen-bond acceptors (Lipinski definition) is 5. The van der Waals surface area contributed by atoms with Crippen molar-refractivity contribution in [1.29, 1.82) is 0 Å². The molecule has 0 radical (unpaired) electrons. The fourth-order valence-electron chi connectivity index (χ4n) is 2.51. The number of aromatic nitrogens is 2. The molecule has 5 nitrogen and oxygen atoms in total. The van der Waals surface area contributed by atoms with Gasteiger partial charge in [0.25, 0.3) is 0 Å². The van der Waals surface area contributed by atoms with Gasteiger partial charge in [-0.15, -0.1) is 0 Å². The number of nitrogen functional groups attached to an aromatic ring is 1. The van der Waals surface area contributed by atoms with Crippen molar-refractivity contribution in [2.75, 3.05) is 32.5 Å². The molecule has 1 atom stereocenters. The van der Waals surface area contributed by atoms with E-state index in [0.29, 0.717) is 18.2 Å². The Morgan fingerprint density at radius 2 is 2.00 bits per heavy atom. The minimum Gasteiger partial charge on any atom is -0.383 e. The molecule has 1 saturated heterocycles. The lowest BCUT2D eigenvalue weighted by Crippen LogP contribution is -2.36. The summed E-state index contributed by atoms with van der Waals surface area (Å²) in [5, 5.41) is 0. The Kier molecular flexibility index (Phi) is 3.86. The summed E-state index contributed by atoms with van der Waals surface area (Å²) >= 11 is 0. The summed E-state index contributed by atoms with van der Waals surface area (Å²) < 4.78 is 5.80. The standard InChI is InChI=1S/C16H20N4O/c1-11-14(12-6-4-3-5-7-12)18-16(19-15(11)17)13-10-20(2)8-9-21-13/h3-7,13H,8-10H2,1-2H3,(H2,17,18,19). The summed E-state index contributed by atoms with van der Waals surface area (Å²) in [6.07, 6.45) is -0.117. The molecule has 2 heterocycles. The van der Waals surface area contributed by atoms with Crippen molar-refractivity contribution in [3.05, 3.63) is 41.7 Å². The zero-order valence-electron chi connectivity index (χ0n) is 12.4. The molecule has 0 bridgehead atoms. The topological polar surface area (TPSA) is 64.3 Å². The minimum absolute atomic E-state index is 0.117. The summed E-state index contributed by atoms with van der Waals surface area (Å²) in [4.78, 5) is 11.4. The van der Waals surface area contributed by atoms with Crippen molar-refractivity contribution in [2.24, 2.45) is 0 Å². The van der Waals surface area contributed by atoms with Crippen LogP contribution in [0.5, 0.6) is 0 Å². The number of morpholine rings is 1. The summed E-state index contributed by atoms with van der Waals surface area (Å²) in [5.74, 6) is 1.19. The smallest absolute Gasteiger partial charge is 0.161 e. The van der Waals surface area contributed by atoms with Gasteiger partial charge in [0, 0.05) is 24.2 Å². The van der Waals surface area contributed by atoms with Crippen molar-refractivity contribution in [1.82, 2.24) is 14.9 Å². The molecule has 1 aromatic carbocycles. The van der Waals surface area contributed by atoms with Crippen molar-refractivity contribution in [3.8, 4) is 11.3 Å². The van der Waals surface area contributed by atoms with Crippen LogP contribution < -0.4 is 5.73 Å². The number of benzene rings is 1. The monoisotopic (exact) mass is 284 g/mol. The van der Waals surface area contributed by atoms with Gasteiger partial charge in [-0.25, -0.2) is 9.97 Å². The molecule has 0 saturated carbocycles. The lowest BCUT2D eigenvalue weighted by molar-refractivity contribution is -0.0253. The van der Waals surface area contributed by atoms with Gasteiger partial charge >= 0.3 is 0 Å². The molecule has 110 valence electrons. The van der Waals surface area contributed by atoms with Crippen molar-refractivity contribution < 1.29 is 4.74 Å². The molecule has 1 fully saturated rings. The van der Waals surface area contributed by atoms with Crippen molar-refractivity contribution in [2.45, 2.75) is 13.0 Å². The van der Waals surface area contributed by atoms with Gasteiger partial charge in [0.1, 0.15) is 11.9 Å². The fourth-order valence-corrected chi connectivity index (χ4v) is 2.51. The second-order valence-corrected chi connectivity index (χ2v) is 5.43. The minimum atomic E-state index is -0.117. The Morgan fingerprint density at radius 1 is 1.24 bits per heavy atom. The Bertz CT molecular complexity index is 630. The summed E-state index contributed by atoms with van der Waals surface area (Å²) in [7, 11) is 2.07. The van der Waals surface area contributed by atoms with Crippen LogP contribution in [0.2, 0.25) is 0 Å². The van der Waals surface area contributed by atoms with Crippen LogP contribution in [0.25, 0.3) is 11.3 Å². The molecule has 0 spiro atoms. The fraction of sp³-hybridized carbons (Fsp3) is 0.375. The number of likely N-dealkylation sites (N-methyl/N-ethyl adjacent to an activating group) is 1. The molecule has 21 heavy (non-hydrogen) atoms. The Labute approximate surface area is 124 Å². The predicted octanol–water partition coefficient (Wildman–Crippen LogP) is 2.04. The average Bonchev–Trinajstić information content (AvgIpc) is 2.51. The van der Waals surface area contributed by atoms with Gasteiger partial charge in [-0.1, -0.05) is 30.3 Å². The highest BCUT2D eigenvalue weighted by Gasteiger charge is 2.24. The summed E-state index contributed by atoms with van der Waals surface area (Å²) in [6.45, 7) is 4.37. The average molecular weight is 284 g/mol. The van der Waals surface area contributed by atoms with E-state index in [4.69, 9.17) is 15.5 Å². The van der Waals surface area contributed by atoms with Crippen LogP contribution in [0.15, 0.2) is 30.3 Å². The number of hydrogen-bond donors (Lipinski definition) is 1. The van der Waals surface area contributed by atoms with Crippen LogP contribution in [-0.4, -0.2) is 41.6 Å². The molecule has 1 aliphatic rings. The number of nitrogens with two attached hydrogens (primary N) is 1. The van der Waals surface area contributed by atoms with E-state index in [-0.39, 0.29) is 6.10 Å². The maximum Gasteiger partial charge on any atom is 0.161 e. The van der Waals surface area contributed by atoms with E-state index in [2.05, 4.69) is 16.9 Å². The van der Waals surface area contributed by atoms with E-state index in [0.717, 1.165) is 29.9 Å². The lowest BCUT2D eigenvalue weighted by atomic mass is 10.1. The number of ether oxygens (including phenoxy) is 1. The van der Waals surface area contributed by atoms with Gasteiger partial charge in [0.05, 0.1) is 12.3 Å². The Balaban J connectivity index is 2.01. The van der Waals surface area contributed by atoms with E-state index in [1.807, 2.05) is 37.3 Å². The second-order valence-electron chi connectivity index (χ2n) is 5.43. The first kappa shape index (κ1) is 14.0. The highest BCUT2D eigenvalue weighted by Crippen LogP contribution is 2.27. The lowest BCUT2D eigenvalue weighted by Gasteiger charge is -2.29. The van der Waals surface area contributed by atoms with Crippen LogP contribution >= 0.6 is 0 Å². The van der Waals surface area contributed by atoms with E-state index < -0.39 is 0 Å². The molecule has 3 rings (SSSR count). The van der Waals surface area contributed by atoms with E-state index in [1.165, 1.54) is 0 Å². The largest absolute Gasteiger partial charge is 0.383 e.